The molecule has 5 heteroatoms. The second-order valence-electron chi connectivity index (χ2n) is 8.37. The smallest absolute Gasteiger partial charge is 0.311 e. The molecule has 2 aliphatic heterocycles. The third-order valence-corrected chi connectivity index (χ3v) is 6.38. The van der Waals surface area contributed by atoms with Crippen LogP contribution in [-0.4, -0.2) is 30.3 Å². The van der Waals surface area contributed by atoms with Crippen LogP contribution in [0.5, 0.6) is 0 Å². The van der Waals surface area contributed by atoms with E-state index in [1.807, 2.05) is 6.07 Å². The fraction of sp³-hybridized carbons (Fsp3) is 0.591. The maximum Gasteiger partial charge on any atom is 0.311 e. The highest BCUT2D eigenvalue weighted by Gasteiger charge is 2.62. The van der Waals surface area contributed by atoms with Gasteiger partial charge in [0, 0.05) is 24.6 Å². The van der Waals surface area contributed by atoms with E-state index in [9.17, 15) is 9.18 Å². The molecule has 0 unspecified atom stereocenters. The molecule has 2 heterocycles. The van der Waals surface area contributed by atoms with Gasteiger partial charge in [-0.2, -0.15) is 0 Å². The van der Waals surface area contributed by atoms with Gasteiger partial charge in [-0.1, -0.05) is 29.8 Å². The number of hydrogen-bond donors (Lipinski definition) is 1. The molecule has 4 rings (SSSR count). The largest absolute Gasteiger partial charge is 0.459 e. The highest BCUT2D eigenvalue weighted by atomic mass is 19.1. The number of ether oxygens (including phenoxy) is 2. The summed E-state index contributed by atoms with van der Waals surface area (Å²) in [6.45, 7) is 5.19. The molecule has 2 fully saturated rings. The molecule has 5 atom stereocenters. The van der Waals surface area contributed by atoms with Crippen LogP contribution in [0.25, 0.3) is 0 Å². The summed E-state index contributed by atoms with van der Waals surface area (Å²) in [5.41, 5.74) is 1.81. The van der Waals surface area contributed by atoms with Gasteiger partial charge in [-0.3, -0.25) is 4.79 Å². The third-order valence-electron chi connectivity index (χ3n) is 6.38. The van der Waals surface area contributed by atoms with Gasteiger partial charge in [-0.25, -0.2) is 4.39 Å². The first kappa shape index (κ1) is 18.6. The Bertz CT molecular complexity index is 749. The molecular weight excluding hydrogens is 345 g/mol. The van der Waals surface area contributed by atoms with Crippen LogP contribution in [-0.2, 0) is 20.8 Å². The summed E-state index contributed by atoms with van der Waals surface area (Å²) >= 11 is 0. The van der Waals surface area contributed by atoms with E-state index in [0.717, 1.165) is 25.7 Å². The van der Waals surface area contributed by atoms with Gasteiger partial charge in [0.15, 0.2) is 0 Å². The second-order valence-corrected chi connectivity index (χ2v) is 8.37. The first-order valence-corrected chi connectivity index (χ1v) is 9.96. The van der Waals surface area contributed by atoms with E-state index in [2.05, 4.69) is 25.2 Å². The lowest BCUT2D eigenvalue weighted by molar-refractivity contribution is -0.144. The van der Waals surface area contributed by atoms with Crippen molar-refractivity contribution in [3.63, 3.8) is 0 Å². The van der Waals surface area contributed by atoms with Gasteiger partial charge >= 0.3 is 5.97 Å². The van der Waals surface area contributed by atoms with Crippen LogP contribution in [0.1, 0.15) is 45.1 Å². The summed E-state index contributed by atoms with van der Waals surface area (Å²) < 4.78 is 25.6. The molecule has 0 saturated carbocycles. The van der Waals surface area contributed by atoms with Crippen molar-refractivity contribution in [1.29, 1.82) is 0 Å². The Hall–Kier alpha value is -1.72. The minimum Gasteiger partial charge on any atom is -0.459 e. The summed E-state index contributed by atoms with van der Waals surface area (Å²) in [4.78, 5) is 12.6. The van der Waals surface area contributed by atoms with Crippen molar-refractivity contribution in [1.82, 2.24) is 5.32 Å². The van der Waals surface area contributed by atoms with E-state index in [1.165, 1.54) is 11.6 Å². The number of rotatable bonds is 4. The molecule has 0 bridgehead atoms. The predicted octanol–water partition coefficient (Wildman–Crippen LogP) is 3.75. The standard InChI is InChI=1S/C22H28FNO3/c1-14-6-5-11-22(2)20(27-22)19-16(10-9-14)17(21(25)26-19)13-24-12-15-7-3-4-8-18(15)23/h3-4,6-8,16-17,19-20,24H,5,9-13H2,1-2H3/t16-,17-,19-,20-,22+/m0/s1. The minimum atomic E-state index is -0.224. The molecular formula is C22H28FNO3. The quantitative estimate of drug-likeness (QED) is 0.496. The molecule has 2 saturated heterocycles. The Morgan fingerprint density at radius 2 is 2.15 bits per heavy atom. The zero-order chi connectivity index (χ0) is 19.0. The number of nitrogens with one attached hydrogen (secondary N) is 1. The second kappa shape index (κ2) is 7.36. The van der Waals surface area contributed by atoms with E-state index in [4.69, 9.17) is 9.47 Å². The molecule has 0 amide bonds. The number of benzene rings is 1. The highest BCUT2D eigenvalue weighted by Crippen LogP contribution is 2.50. The Morgan fingerprint density at radius 3 is 2.96 bits per heavy atom. The van der Waals surface area contributed by atoms with Gasteiger partial charge in [0.1, 0.15) is 18.0 Å². The van der Waals surface area contributed by atoms with Crippen LogP contribution in [0.4, 0.5) is 4.39 Å². The molecule has 0 radical (unpaired) electrons. The lowest BCUT2D eigenvalue weighted by Gasteiger charge is -2.22. The van der Waals surface area contributed by atoms with Crippen LogP contribution in [0.2, 0.25) is 0 Å². The zero-order valence-electron chi connectivity index (χ0n) is 16.0. The maximum absolute atomic E-state index is 13.8. The molecule has 1 aliphatic carbocycles. The van der Waals surface area contributed by atoms with Crippen LogP contribution in [0, 0.1) is 17.7 Å². The molecule has 146 valence electrons. The van der Waals surface area contributed by atoms with Gasteiger partial charge < -0.3 is 14.8 Å². The van der Waals surface area contributed by atoms with Crippen molar-refractivity contribution in [2.75, 3.05) is 6.54 Å². The third kappa shape index (κ3) is 3.81. The van der Waals surface area contributed by atoms with E-state index in [-0.39, 0.29) is 41.4 Å². The van der Waals surface area contributed by atoms with Crippen LogP contribution in [0.15, 0.2) is 35.9 Å². The Morgan fingerprint density at radius 1 is 1.33 bits per heavy atom. The maximum atomic E-state index is 13.8. The van der Waals surface area contributed by atoms with E-state index in [0.29, 0.717) is 18.7 Å². The highest BCUT2D eigenvalue weighted by molar-refractivity contribution is 5.75. The van der Waals surface area contributed by atoms with Crippen molar-refractivity contribution < 1.29 is 18.7 Å². The van der Waals surface area contributed by atoms with Crippen LogP contribution < -0.4 is 5.32 Å². The number of carbonyl (C=O) groups excluding carboxylic acids is 1. The average molecular weight is 373 g/mol. The summed E-state index contributed by atoms with van der Waals surface area (Å²) in [6.07, 6.45) is 6.02. The van der Waals surface area contributed by atoms with Crippen molar-refractivity contribution in [2.24, 2.45) is 11.8 Å². The van der Waals surface area contributed by atoms with Gasteiger partial charge in [0.2, 0.25) is 0 Å². The molecule has 3 aliphatic rings. The van der Waals surface area contributed by atoms with Gasteiger partial charge in [0.25, 0.3) is 0 Å². The summed E-state index contributed by atoms with van der Waals surface area (Å²) in [6, 6.07) is 6.72. The first-order valence-electron chi connectivity index (χ1n) is 9.96. The van der Waals surface area contributed by atoms with E-state index in [1.54, 1.807) is 12.1 Å². The SMILES string of the molecule is CC1=CCC[C@@]2(C)O[C@H]2[C@H]2OC(=O)[C@@H](CNCc3ccccc3F)[C@@H]2CC1. The van der Waals surface area contributed by atoms with E-state index >= 15 is 0 Å². The number of epoxide rings is 1. The molecule has 27 heavy (non-hydrogen) atoms. The Labute approximate surface area is 160 Å². The number of carbonyl (C=O) groups is 1. The average Bonchev–Trinajstić information content (AvgIpc) is 3.20. The Kier molecular flexibility index (Phi) is 5.08. The zero-order valence-corrected chi connectivity index (χ0v) is 16.0. The van der Waals surface area contributed by atoms with Gasteiger partial charge in [0.05, 0.1) is 11.5 Å². The minimum absolute atomic E-state index is 0.00910. The lowest BCUT2D eigenvalue weighted by Crippen LogP contribution is -2.34. The number of fused-ring (bicyclic) bond motifs is 3. The summed E-state index contributed by atoms with van der Waals surface area (Å²) in [5.74, 6) is -0.440. The van der Waals surface area contributed by atoms with Crippen molar-refractivity contribution in [2.45, 2.75) is 63.9 Å². The summed E-state index contributed by atoms with van der Waals surface area (Å²) in [7, 11) is 0. The number of hydrogen-bond acceptors (Lipinski definition) is 4. The fourth-order valence-corrected chi connectivity index (χ4v) is 4.58. The van der Waals surface area contributed by atoms with Crippen LogP contribution in [0.3, 0.4) is 0 Å². The van der Waals surface area contributed by atoms with Gasteiger partial charge in [-0.15, -0.1) is 0 Å². The number of allylic oxidation sites excluding steroid dienone is 2. The summed E-state index contributed by atoms with van der Waals surface area (Å²) in [5, 5.41) is 3.26. The molecule has 0 spiro atoms. The fourth-order valence-electron chi connectivity index (χ4n) is 4.58. The van der Waals surface area contributed by atoms with E-state index < -0.39 is 0 Å². The number of esters is 1. The predicted molar refractivity (Wildman–Crippen MR) is 100 cm³/mol. The van der Waals surface area contributed by atoms with Crippen molar-refractivity contribution in [3.05, 3.63) is 47.3 Å². The Balaban J connectivity index is 1.45. The molecule has 1 N–H and O–H groups in total. The van der Waals surface area contributed by atoms with Crippen molar-refractivity contribution in [3.8, 4) is 0 Å². The lowest BCUT2D eigenvalue weighted by atomic mass is 9.80. The van der Waals surface area contributed by atoms with Crippen LogP contribution >= 0.6 is 0 Å². The molecule has 1 aromatic carbocycles. The molecule has 4 nitrogen and oxygen atoms in total. The number of halogens is 1. The normalized spacial score (nSPS) is 35.7. The first-order chi connectivity index (χ1) is 13.0. The molecule has 0 aromatic heterocycles. The topological polar surface area (TPSA) is 50.9 Å². The molecule has 1 aromatic rings. The van der Waals surface area contributed by atoms with Gasteiger partial charge in [-0.05, 0) is 45.6 Å². The van der Waals surface area contributed by atoms with Crippen molar-refractivity contribution >= 4 is 5.97 Å². The monoisotopic (exact) mass is 373 g/mol.